The summed E-state index contributed by atoms with van der Waals surface area (Å²) >= 11 is 1.59. The molecule has 0 aliphatic carbocycles. The van der Waals surface area contributed by atoms with E-state index in [4.69, 9.17) is 4.74 Å². The lowest BCUT2D eigenvalue weighted by Gasteiger charge is -2.35. The third-order valence-electron chi connectivity index (χ3n) is 4.15. The highest BCUT2D eigenvalue weighted by Gasteiger charge is 2.38. The number of piperazine rings is 1. The Morgan fingerprint density at radius 1 is 1.41 bits per heavy atom. The van der Waals surface area contributed by atoms with E-state index in [9.17, 15) is 9.59 Å². The van der Waals surface area contributed by atoms with Crippen molar-refractivity contribution in [3.8, 4) is 0 Å². The fraction of sp³-hybridized carbons (Fsp3) is 0.400. The van der Waals surface area contributed by atoms with Crippen molar-refractivity contribution < 1.29 is 14.3 Å². The van der Waals surface area contributed by atoms with Crippen LogP contribution < -0.4 is 0 Å². The number of aryl methyl sites for hydroxylation is 1. The Bertz CT molecular complexity index is 772. The van der Waals surface area contributed by atoms with Crippen LogP contribution in [0.1, 0.15) is 15.4 Å². The number of fused-ring (bicyclic) bond motifs is 2. The molecule has 2 fully saturated rings. The maximum Gasteiger partial charge on any atom is 0.410 e. The number of amides is 2. The fourth-order valence-corrected chi connectivity index (χ4v) is 3.89. The molecule has 1 aromatic carbocycles. The molecule has 2 aliphatic rings. The maximum atomic E-state index is 12.7. The van der Waals surface area contributed by atoms with Crippen LogP contribution in [0, 0.1) is 6.92 Å². The van der Waals surface area contributed by atoms with Crippen LogP contribution in [0.2, 0.25) is 0 Å². The van der Waals surface area contributed by atoms with Crippen molar-refractivity contribution in [2.45, 2.75) is 13.0 Å². The first-order chi connectivity index (χ1) is 10.6. The Balaban J connectivity index is 1.56. The number of carbonyl (C=O) groups is 2. The van der Waals surface area contributed by atoms with Crippen LogP contribution in [0.15, 0.2) is 18.2 Å². The Kier molecular flexibility index (Phi) is 3.04. The van der Waals surface area contributed by atoms with E-state index in [1.165, 1.54) is 0 Å². The first-order valence-electron chi connectivity index (χ1n) is 7.22. The predicted octanol–water partition coefficient (Wildman–Crippen LogP) is 1.88. The monoisotopic (exact) mass is 317 g/mol. The van der Waals surface area contributed by atoms with E-state index in [0.717, 1.165) is 15.2 Å². The van der Waals surface area contributed by atoms with E-state index in [2.05, 4.69) is 4.98 Å². The number of benzene rings is 1. The molecule has 0 saturated carbocycles. The van der Waals surface area contributed by atoms with E-state index >= 15 is 0 Å². The van der Waals surface area contributed by atoms with Gasteiger partial charge in [0.1, 0.15) is 6.61 Å². The Hall–Kier alpha value is -2.15. The van der Waals surface area contributed by atoms with Crippen molar-refractivity contribution >= 4 is 33.6 Å². The van der Waals surface area contributed by atoms with Crippen molar-refractivity contribution in [1.82, 2.24) is 14.8 Å². The lowest BCUT2D eigenvalue weighted by molar-refractivity contribution is 0.0617. The van der Waals surface area contributed by atoms with Crippen molar-refractivity contribution in [3.63, 3.8) is 0 Å². The second-order valence-electron chi connectivity index (χ2n) is 5.59. The molecular weight excluding hydrogens is 302 g/mol. The van der Waals surface area contributed by atoms with Crippen molar-refractivity contribution in [3.05, 3.63) is 28.8 Å². The van der Waals surface area contributed by atoms with Gasteiger partial charge < -0.3 is 9.64 Å². The van der Waals surface area contributed by atoms with Crippen molar-refractivity contribution in [2.75, 3.05) is 26.2 Å². The van der Waals surface area contributed by atoms with Gasteiger partial charge in [-0.25, -0.2) is 9.78 Å². The van der Waals surface area contributed by atoms with E-state index in [0.29, 0.717) is 31.8 Å². The molecule has 0 spiro atoms. The van der Waals surface area contributed by atoms with Crippen molar-refractivity contribution in [2.24, 2.45) is 0 Å². The molecule has 1 unspecified atom stereocenters. The molecule has 6 nitrogen and oxygen atoms in total. The largest absolute Gasteiger partial charge is 0.447 e. The van der Waals surface area contributed by atoms with Crippen molar-refractivity contribution in [1.29, 1.82) is 0 Å². The number of nitrogens with zero attached hydrogens (tertiary/aromatic N) is 3. The minimum atomic E-state index is -0.265. The highest BCUT2D eigenvalue weighted by atomic mass is 32.1. The zero-order valence-corrected chi connectivity index (χ0v) is 12.9. The molecule has 1 aromatic heterocycles. The molecule has 0 radical (unpaired) electrons. The molecule has 3 heterocycles. The standard InChI is InChI=1S/C15H15N3O3S/c1-9-16-12-3-2-10(6-13(12)22-9)14(19)17-4-5-18-11(7-17)8-21-15(18)20/h2-3,6,11H,4-5,7-8H2,1H3. The van der Waals surface area contributed by atoms with Gasteiger partial charge in [-0.2, -0.15) is 0 Å². The van der Waals surface area contributed by atoms with Crippen LogP contribution in [0.4, 0.5) is 4.79 Å². The quantitative estimate of drug-likeness (QED) is 0.806. The van der Waals surface area contributed by atoms with Gasteiger partial charge in [-0.15, -0.1) is 11.3 Å². The molecule has 114 valence electrons. The normalized spacial score (nSPS) is 21.1. The average molecular weight is 317 g/mol. The predicted molar refractivity (Wildman–Crippen MR) is 82.1 cm³/mol. The maximum absolute atomic E-state index is 12.7. The van der Waals surface area contributed by atoms with E-state index < -0.39 is 0 Å². The van der Waals surface area contributed by atoms with E-state index in [-0.39, 0.29) is 18.0 Å². The first kappa shape index (κ1) is 13.5. The van der Waals surface area contributed by atoms with Gasteiger partial charge in [-0.3, -0.25) is 9.69 Å². The number of rotatable bonds is 1. The van der Waals surface area contributed by atoms with Gasteiger partial charge in [0.15, 0.2) is 0 Å². The molecule has 7 heteroatoms. The Labute approximate surface area is 131 Å². The topological polar surface area (TPSA) is 62.7 Å². The van der Waals surface area contributed by atoms with Gasteiger partial charge in [-0.1, -0.05) is 0 Å². The molecule has 2 saturated heterocycles. The number of aromatic nitrogens is 1. The molecule has 2 aromatic rings. The summed E-state index contributed by atoms with van der Waals surface area (Å²) in [6.45, 7) is 3.95. The van der Waals surface area contributed by atoms with E-state index in [1.807, 2.05) is 25.1 Å². The van der Waals surface area contributed by atoms with Gasteiger partial charge >= 0.3 is 6.09 Å². The van der Waals surface area contributed by atoms with Gasteiger partial charge in [0, 0.05) is 25.2 Å². The lowest BCUT2D eigenvalue weighted by Crippen LogP contribution is -2.53. The summed E-state index contributed by atoms with van der Waals surface area (Å²) in [5.74, 6) is 0.00644. The van der Waals surface area contributed by atoms with Crippen LogP contribution in [0.3, 0.4) is 0 Å². The number of thiazole rings is 1. The Morgan fingerprint density at radius 2 is 2.27 bits per heavy atom. The third kappa shape index (κ3) is 2.12. The molecule has 2 aliphatic heterocycles. The number of carbonyl (C=O) groups excluding carboxylic acids is 2. The molecule has 0 bridgehead atoms. The SMILES string of the molecule is Cc1nc2ccc(C(=O)N3CCN4C(=O)OCC4C3)cc2s1. The van der Waals surface area contributed by atoms with Gasteiger partial charge in [0.2, 0.25) is 0 Å². The summed E-state index contributed by atoms with van der Waals surface area (Å²) < 4.78 is 6.07. The third-order valence-corrected chi connectivity index (χ3v) is 5.08. The summed E-state index contributed by atoms with van der Waals surface area (Å²) in [5, 5.41) is 0.995. The van der Waals surface area contributed by atoms with Gasteiger partial charge in [0.05, 0.1) is 21.3 Å². The molecule has 4 rings (SSSR count). The summed E-state index contributed by atoms with van der Waals surface area (Å²) in [5.41, 5.74) is 1.61. The lowest BCUT2D eigenvalue weighted by atomic mass is 10.1. The average Bonchev–Trinajstić information content (AvgIpc) is 3.07. The van der Waals surface area contributed by atoms with Crippen LogP contribution in [0.25, 0.3) is 10.2 Å². The zero-order valence-electron chi connectivity index (χ0n) is 12.1. The zero-order chi connectivity index (χ0) is 15.3. The summed E-state index contributed by atoms with van der Waals surface area (Å²) in [6, 6.07) is 5.61. The first-order valence-corrected chi connectivity index (χ1v) is 8.03. The second kappa shape index (κ2) is 4.95. The van der Waals surface area contributed by atoms with Gasteiger partial charge in [0.25, 0.3) is 5.91 Å². The minimum absolute atomic E-state index is 0.00644. The number of ether oxygens (including phenoxy) is 1. The highest BCUT2D eigenvalue weighted by Crippen LogP contribution is 2.24. The van der Waals surface area contributed by atoms with Crippen LogP contribution >= 0.6 is 11.3 Å². The summed E-state index contributed by atoms with van der Waals surface area (Å²) in [7, 11) is 0. The summed E-state index contributed by atoms with van der Waals surface area (Å²) in [6.07, 6.45) is -0.265. The van der Waals surface area contributed by atoms with Gasteiger partial charge in [-0.05, 0) is 25.1 Å². The number of cyclic esters (lactones) is 1. The number of hydrogen-bond acceptors (Lipinski definition) is 5. The van der Waals surface area contributed by atoms with Crippen LogP contribution in [0.5, 0.6) is 0 Å². The Morgan fingerprint density at radius 3 is 3.14 bits per heavy atom. The molecule has 2 amide bonds. The van der Waals surface area contributed by atoms with Crippen LogP contribution in [-0.4, -0.2) is 59.1 Å². The number of hydrogen-bond donors (Lipinski definition) is 0. The van der Waals surface area contributed by atoms with Crippen LogP contribution in [-0.2, 0) is 4.74 Å². The minimum Gasteiger partial charge on any atom is -0.447 e. The highest BCUT2D eigenvalue weighted by molar-refractivity contribution is 7.18. The fourth-order valence-electron chi connectivity index (χ4n) is 3.03. The molecule has 0 N–H and O–H groups in total. The summed E-state index contributed by atoms with van der Waals surface area (Å²) in [4.78, 5) is 32.1. The van der Waals surface area contributed by atoms with E-state index in [1.54, 1.807) is 21.1 Å². The smallest absolute Gasteiger partial charge is 0.410 e. The molecule has 1 atom stereocenters. The molecule has 22 heavy (non-hydrogen) atoms. The second-order valence-corrected chi connectivity index (χ2v) is 6.83. The molecular formula is C15H15N3O3S.